The first-order valence-electron chi connectivity index (χ1n) is 8.69. The number of hydrogen-bond acceptors (Lipinski definition) is 7. The third kappa shape index (κ3) is 4.16. The molecular weight excluding hydrogens is 394 g/mol. The predicted molar refractivity (Wildman–Crippen MR) is 109 cm³/mol. The predicted octanol–water partition coefficient (Wildman–Crippen LogP) is 3.03. The van der Waals surface area contributed by atoms with Crippen molar-refractivity contribution in [1.82, 2.24) is 20.2 Å². The maximum atomic E-state index is 12.5. The standard InChI is InChI=1S/C19H17N5O4S/c1-10(16(25)20-12-5-8-14-15(9-12)22-18(26)21-14)29-19-24-23-17(28-19)11-3-6-13(27-2)7-4-11/h3-10H,1-2H3,(H,20,25)(H2,21,22,26)/t10-/m0/s1. The molecule has 0 fully saturated rings. The molecule has 0 aliphatic rings. The van der Waals surface area contributed by atoms with E-state index in [0.717, 1.165) is 23.1 Å². The van der Waals surface area contributed by atoms with Gasteiger partial charge in [0.1, 0.15) is 5.75 Å². The summed E-state index contributed by atoms with van der Waals surface area (Å²) < 4.78 is 10.8. The van der Waals surface area contributed by atoms with Crippen molar-refractivity contribution in [2.45, 2.75) is 17.4 Å². The zero-order valence-electron chi connectivity index (χ0n) is 15.6. The van der Waals surface area contributed by atoms with Crippen LogP contribution in [0.4, 0.5) is 5.69 Å². The normalized spacial score (nSPS) is 12.1. The fraction of sp³-hybridized carbons (Fsp3) is 0.158. The minimum Gasteiger partial charge on any atom is -0.497 e. The van der Waals surface area contributed by atoms with E-state index in [1.165, 1.54) is 0 Å². The van der Waals surface area contributed by atoms with E-state index in [0.29, 0.717) is 27.8 Å². The first-order valence-corrected chi connectivity index (χ1v) is 9.57. The number of rotatable bonds is 6. The highest BCUT2D eigenvalue weighted by Crippen LogP contribution is 2.28. The molecule has 2 heterocycles. The summed E-state index contributed by atoms with van der Waals surface area (Å²) in [6.45, 7) is 1.74. The van der Waals surface area contributed by atoms with Crippen LogP contribution in [0.2, 0.25) is 0 Å². The number of amides is 1. The van der Waals surface area contributed by atoms with Crippen LogP contribution in [0.15, 0.2) is 56.9 Å². The summed E-state index contributed by atoms with van der Waals surface area (Å²) in [6.07, 6.45) is 0. The Morgan fingerprint density at radius 3 is 2.66 bits per heavy atom. The average Bonchev–Trinajstić information content (AvgIpc) is 3.33. The number of nitrogens with zero attached hydrogens (tertiary/aromatic N) is 2. The number of carbonyl (C=O) groups is 1. The summed E-state index contributed by atoms with van der Waals surface area (Å²) in [7, 11) is 1.60. The molecule has 1 atom stereocenters. The Bertz CT molecular complexity index is 1210. The Kier molecular flexibility index (Phi) is 5.09. The van der Waals surface area contributed by atoms with Crippen LogP contribution in [0, 0.1) is 0 Å². The van der Waals surface area contributed by atoms with Crippen molar-refractivity contribution in [2.75, 3.05) is 12.4 Å². The minimum atomic E-state index is -0.472. The molecule has 0 radical (unpaired) electrons. The van der Waals surface area contributed by atoms with E-state index in [1.807, 2.05) is 12.1 Å². The van der Waals surface area contributed by atoms with E-state index >= 15 is 0 Å². The van der Waals surface area contributed by atoms with E-state index in [-0.39, 0.29) is 11.6 Å². The molecule has 4 aromatic rings. The molecule has 10 heteroatoms. The lowest BCUT2D eigenvalue weighted by Gasteiger charge is -2.09. The fourth-order valence-electron chi connectivity index (χ4n) is 2.67. The van der Waals surface area contributed by atoms with Gasteiger partial charge in [-0.05, 0) is 49.4 Å². The summed E-state index contributed by atoms with van der Waals surface area (Å²) in [4.78, 5) is 29.1. The molecule has 0 saturated carbocycles. The molecule has 0 saturated heterocycles. The summed E-state index contributed by atoms with van der Waals surface area (Å²) in [5.41, 5.74) is 2.34. The van der Waals surface area contributed by atoms with Gasteiger partial charge in [0.25, 0.3) is 5.22 Å². The quantitative estimate of drug-likeness (QED) is 0.416. The fourth-order valence-corrected chi connectivity index (χ4v) is 3.35. The van der Waals surface area contributed by atoms with Gasteiger partial charge in [-0.25, -0.2) is 4.79 Å². The topological polar surface area (TPSA) is 126 Å². The largest absolute Gasteiger partial charge is 0.497 e. The number of fused-ring (bicyclic) bond motifs is 1. The number of thioether (sulfide) groups is 1. The second kappa shape index (κ2) is 7.84. The Hall–Kier alpha value is -3.53. The number of nitrogens with one attached hydrogen (secondary N) is 3. The number of hydrogen-bond donors (Lipinski definition) is 3. The van der Waals surface area contributed by atoms with Gasteiger partial charge in [-0.3, -0.25) is 4.79 Å². The highest BCUT2D eigenvalue weighted by molar-refractivity contribution is 8.00. The molecule has 0 aliphatic carbocycles. The molecule has 2 aromatic carbocycles. The third-order valence-electron chi connectivity index (χ3n) is 4.17. The number of ether oxygens (including phenoxy) is 1. The van der Waals surface area contributed by atoms with Gasteiger partial charge in [0.2, 0.25) is 11.8 Å². The molecule has 0 bridgehead atoms. The number of aromatic nitrogens is 4. The van der Waals surface area contributed by atoms with Gasteiger partial charge in [0.05, 0.1) is 23.4 Å². The maximum absolute atomic E-state index is 12.5. The van der Waals surface area contributed by atoms with Gasteiger partial charge < -0.3 is 24.4 Å². The van der Waals surface area contributed by atoms with Crippen molar-refractivity contribution < 1.29 is 13.9 Å². The van der Waals surface area contributed by atoms with E-state index in [9.17, 15) is 9.59 Å². The SMILES string of the molecule is COc1ccc(-c2nnc(S[C@@H](C)C(=O)Nc3ccc4[nH]c(=O)[nH]c4c3)o2)cc1. The molecule has 29 heavy (non-hydrogen) atoms. The first kappa shape index (κ1) is 18.8. The van der Waals surface area contributed by atoms with Crippen molar-refractivity contribution in [3.8, 4) is 17.2 Å². The molecule has 9 nitrogen and oxygen atoms in total. The molecule has 0 spiro atoms. The molecule has 4 rings (SSSR count). The van der Waals surface area contributed by atoms with Crippen molar-refractivity contribution in [3.05, 3.63) is 52.9 Å². The van der Waals surface area contributed by atoms with Crippen LogP contribution >= 0.6 is 11.8 Å². The summed E-state index contributed by atoms with van der Waals surface area (Å²) >= 11 is 1.16. The lowest BCUT2D eigenvalue weighted by molar-refractivity contribution is -0.115. The first-order chi connectivity index (χ1) is 14.0. The summed E-state index contributed by atoms with van der Waals surface area (Å²) in [6, 6.07) is 12.4. The Morgan fingerprint density at radius 1 is 1.14 bits per heavy atom. The number of imidazole rings is 1. The van der Waals surface area contributed by atoms with Crippen LogP contribution in [0.3, 0.4) is 0 Å². The number of methoxy groups -OCH3 is 1. The Morgan fingerprint density at radius 2 is 1.90 bits per heavy atom. The maximum Gasteiger partial charge on any atom is 0.323 e. The van der Waals surface area contributed by atoms with Crippen molar-refractivity contribution in [3.63, 3.8) is 0 Å². The molecule has 0 unspecified atom stereocenters. The lowest BCUT2D eigenvalue weighted by atomic mass is 10.2. The molecule has 0 aliphatic heterocycles. The number of H-pyrrole nitrogens is 2. The minimum absolute atomic E-state index is 0.226. The molecular formula is C19H17N5O4S. The zero-order chi connectivity index (χ0) is 20.4. The van der Waals surface area contributed by atoms with Crippen LogP contribution < -0.4 is 15.7 Å². The Balaban J connectivity index is 1.41. The number of anilines is 1. The van der Waals surface area contributed by atoms with Crippen LogP contribution in [0.25, 0.3) is 22.5 Å². The second-order valence-corrected chi connectivity index (χ2v) is 7.48. The van der Waals surface area contributed by atoms with Crippen molar-refractivity contribution in [2.24, 2.45) is 0 Å². The number of carbonyl (C=O) groups excluding carboxylic acids is 1. The van der Waals surface area contributed by atoms with E-state index in [1.54, 1.807) is 44.4 Å². The number of benzene rings is 2. The number of aromatic amines is 2. The third-order valence-corrected chi connectivity index (χ3v) is 5.11. The van der Waals surface area contributed by atoms with Crippen LogP contribution in [0.5, 0.6) is 5.75 Å². The van der Waals surface area contributed by atoms with Crippen LogP contribution in [0.1, 0.15) is 6.92 Å². The molecule has 3 N–H and O–H groups in total. The van der Waals surface area contributed by atoms with Crippen LogP contribution in [-0.2, 0) is 4.79 Å². The molecule has 1 amide bonds. The molecule has 2 aromatic heterocycles. The lowest BCUT2D eigenvalue weighted by Crippen LogP contribution is -2.22. The monoisotopic (exact) mass is 411 g/mol. The van der Waals surface area contributed by atoms with Gasteiger partial charge in [-0.2, -0.15) is 0 Å². The van der Waals surface area contributed by atoms with Gasteiger partial charge in [0.15, 0.2) is 0 Å². The van der Waals surface area contributed by atoms with Crippen LogP contribution in [-0.4, -0.2) is 38.4 Å². The van der Waals surface area contributed by atoms with E-state index in [4.69, 9.17) is 9.15 Å². The average molecular weight is 411 g/mol. The van der Waals surface area contributed by atoms with Gasteiger partial charge in [-0.15, -0.1) is 10.2 Å². The van der Waals surface area contributed by atoms with Crippen molar-refractivity contribution in [1.29, 1.82) is 0 Å². The van der Waals surface area contributed by atoms with E-state index < -0.39 is 5.25 Å². The smallest absolute Gasteiger partial charge is 0.323 e. The van der Waals surface area contributed by atoms with Crippen molar-refractivity contribution >= 4 is 34.4 Å². The van der Waals surface area contributed by atoms with Gasteiger partial charge in [-0.1, -0.05) is 11.8 Å². The summed E-state index contributed by atoms with van der Waals surface area (Å²) in [5.74, 6) is 0.871. The summed E-state index contributed by atoms with van der Waals surface area (Å²) in [5, 5.41) is 10.7. The van der Waals surface area contributed by atoms with Gasteiger partial charge >= 0.3 is 5.69 Å². The van der Waals surface area contributed by atoms with E-state index in [2.05, 4.69) is 25.5 Å². The Labute approximate surface area is 168 Å². The highest BCUT2D eigenvalue weighted by Gasteiger charge is 2.19. The molecule has 148 valence electrons. The highest BCUT2D eigenvalue weighted by atomic mass is 32.2. The van der Waals surface area contributed by atoms with Gasteiger partial charge in [0, 0.05) is 11.3 Å². The zero-order valence-corrected chi connectivity index (χ0v) is 16.4. The second-order valence-electron chi connectivity index (χ2n) is 6.19.